The van der Waals surface area contributed by atoms with Crippen LogP contribution in [0.4, 0.5) is 5.69 Å². The molecule has 0 saturated carbocycles. The minimum absolute atomic E-state index is 0.0755. The van der Waals surface area contributed by atoms with Gasteiger partial charge in [-0.25, -0.2) is 0 Å². The minimum Gasteiger partial charge on any atom is -0.353 e. The van der Waals surface area contributed by atoms with Gasteiger partial charge in [-0.2, -0.15) is 0 Å². The van der Waals surface area contributed by atoms with Gasteiger partial charge in [0.25, 0.3) is 11.8 Å². The molecule has 0 atom stereocenters. The molecule has 0 fully saturated rings. The predicted molar refractivity (Wildman–Crippen MR) is 134 cm³/mol. The van der Waals surface area contributed by atoms with Gasteiger partial charge < -0.3 is 20.6 Å². The molecule has 2 heterocycles. The fraction of sp³-hybridized carbons (Fsp3) is 0.407. The number of aromatic nitrogens is 2. The van der Waals surface area contributed by atoms with Gasteiger partial charge in [0.05, 0.1) is 0 Å². The first-order valence-electron chi connectivity index (χ1n) is 11.6. The highest BCUT2D eigenvalue weighted by Crippen LogP contribution is 2.37. The molecule has 6 heteroatoms. The Balaban J connectivity index is 1.95. The summed E-state index contributed by atoms with van der Waals surface area (Å²) in [4.78, 5) is 32.6. The largest absolute Gasteiger partial charge is 0.353 e. The summed E-state index contributed by atoms with van der Waals surface area (Å²) in [5.41, 5.74) is 7.36. The lowest BCUT2D eigenvalue weighted by atomic mass is 9.81. The molecule has 0 saturated heterocycles. The third-order valence-corrected chi connectivity index (χ3v) is 6.68. The Labute approximate surface area is 196 Å². The number of nitrogens with one attached hydrogen (secondary N) is 4. The molecule has 176 valence electrons. The standard InChI is InChI=1S/C27H36N4O2/c1-8-9-15-28-25(32)21-16(2)18(4)23(30-21)27(6,7)24-19(5)17(3)22(31-24)26(33)29-20-13-11-10-12-14-20/h10-14,30-31H,8-9,15H2,1-7H3,(H,28,32)(H,29,33). The van der Waals surface area contributed by atoms with Crippen molar-refractivity contribution in [2.45, 2.75) is 66.7 Å². The molecule has 4 N–H and O–H groups in total. The van der Waals surface area contributed by atoms with Crippen LogP contribution in [0.2, 0.25) is 0 Å². The highest BCUT2D eigenvalue weighted by atomic mass is 16.2. The van der Waals surface area contributed by atoms with E-state index in [1.807, 2.05) is 58.0 Å². The molecule has 0 aliphatic carbocycles. The number of amides is 2. The first kappa shape index (κ1) is 24.4. The first-order valence-corrected chi connectivity index (χ1v) is 11.6. The summed E-state index contributed by atoms with van der Waals surface area (Å²) in [6.07, 6.45) is 1.99. The van der Waals surface area contributed by atoms with Crippen LogP contribution in [0.3, 0.4) is 0 Å². The molecule has 0 bridgehead atoms. The Morgan fingerprint density at radius 3 is 1.85 bits per heavy atom. The van der Waals surface area contributed by atoms with Gasteiger partial charge in [-0.1, -0.05) is 31.5 Å². The van der Waals surface area contributed by atoms with Crippen molar-refractivity contribution in [1.82, 2.24) is 15.3 Å². The summed E-state index contributed by atoms with van der Waals surface area (Å²) >= 11 is 0. The first-order chi connectivity index (χ1) is 15.6. The molecule has 2 amide bonds. The number of para-hydroxylation sites is 1. The Hall–Kier alpha value is -3.28. The van der Waals surface area contributed by atoms with Crippen LogP contribution in [0.1, 0.15) is 88.2 Å². The van der Waals surface area contributed by atoms with E-state index in [1.165, 1.54) is 0 Å². The summed E-state index contributed by atoms with van der Waals surface area (Å²) in [7, 11) is 0. The van der Waals surface area contributed by atoms with Crippen molar-refractivity contribution in [1.29, 1.82) is 0 Å². The van der Waals surface area contributed by atoms with Crippen molar-refractivity contribution in [3.05, 3.63) is 75.4 Å². The van der Waals surface area contributed by atoms with Crippen LogP contribution >= 0.6 is 0 Å². The number of aromatic amines is 2. The summed E-state index contributed by atoms with van der Waals surface area (Å²) in [5, 5.41) is 5.97. The van der Waals surface area contributed by atoms with Gasteiger partial charge in [0, 0.05) is 29.0 Å². The van der Waals surface area contributed by atoms with Crippen molar-refractivity contribution in [2.24, 2.45) is 0 Å². The molecule has 2 aromatic heterocycles. The van der Waals surface area contributed by atoms with Crippen LogP contribution in [-0.2, 0) is 5.41 Å². The van der Waals surface area contributed by atoms with E-state index in [1.54, 1.807) is 0 Å². The molecule has 1 aromatic carbocycles. The van der Waals surface area contributed by atoms with Gasteiger partial charge in [0.15, 0.2) is 0 Å². The highest BCUT2D eigenvalue weighted by Gasteiger charge is 2.34. The van der Waals surface area contributed by atoms with E-state index < -0.39 is 5.41 Å². The van der Waals surface area contributed by atoms with Crippen molar-refractivity contribution < 1.29 is 9.59 Å². The van der Waals surface area contributed by atoms with E-state index in [9.17, 15) is 9.59 Å². The minimum atomic E-state index is -0.461. The van der Waals surface area contributed by atoms with E-state index >= 15 is 0 Å². The SMILES string of the molecule is CCCCNC(=O)c1[nH]c(C(C)(C)c2[nH]c(C(=O)Nc3ccccc3)c(C)c2C)c(C)c1C. The fourth-order valence-corrected chi connectivity index (χ4v) is 4.39. The highest BCUT2D eigenvalue weighted by molar-refractivity contribution is 6.04. The number of unbranched alkanes of at least 4 members (excludes halogenated alkanes) is 1. The number of benzene rings is 1. The molecular weight excluding hydrogens is 412 g/mol. The zero-order valence-electron chi connectivity index (χ0n) is 20.8. The van der Waals surface area contributed by atoms with Crippen LogP contribution in [0.5, 0.6) is 0 Å². The summed E-state index contributed by atoms with van der Waals surface area (Å²) < 4.78 is 0. The van der Waals surface area contributed by atoms with Crippen LogP contribution < -0.4 is 10.6 Å². The maximum absolute atomic E-state index is 13.0. The molecule has 0 aliphatic rings. The number of rotatable bonds is 8. The van der Waals surface area contributed by atoms with Crippen LogP contribution in [0, 0.1) is 27.7 Å². The molecule has 3 rings (SSSR count). The number of carbonyl (C=O) groups is 2. The van der Waals surface area contributed by atoms with Crippen molar-refractivity contribution in [3.8, 4) is 0 Å². The van der Waals surface area contributed by atoms with Gasteiger partial charge >= 0.3 is 0 Å². The van der Waals surface area contributed by atoms with Gasteiger partial charge in [-0.3, -0.25) is 9.59 Å². The Bertz CT molecular complexity index is 1150. The van der Waals surface area contributed by atoms with E-state index in [0.717, 1.165) is 52.2 Å². The third-order valence-electron chi connectivity index (χ3n) is 6.68. The molecule has 0 aliphatic heterocycles. The lowest BCUT2D eigenvalue weighted by Crippen LogP contribution is -2.26. The number of anilines is 1. The van der Waals surface area contributed by atoms with Crippen molar-refractivity contribution in [2.75, 3.05) is 11.9 Å². The van der Waals surface area contributed by atoms with E-state index in [-0.39, 0.29) is 11.8 Å². The molecule has 3 aromatic rings. The second-order valence-electron chi connectivity index (χ2n) is 9.30. The summed E-state index contributed by atoms with van der Waals surface area (Å²) in [5.74, 6) is -0.243. The quantitative estimate of drug-likeness (QED) is 0.334. The lowest BCUT2D eigenvalue weighted by Gasteiger charge is -2.25. The van der Waals surface area contributed by atoms with Gasteiger partial charge in [-0.15, -0.1) is 0 Å². The second-order valence-corrected chi connectivity index (χ2v) is 9.30. The molecule has 0 unspecified atom stereocenters. The molecular formula is C27H36N4O2. The van der Waals surface area contributed by atoms with Crippen LogP contribution in [0.15, 0.2) is 30.3 Å². The van der Waals surface area contributed by atoms with Crippen LogP contribution in [-0.4, -0.2) is 28.3 Å². The van der Waals surface area contributed by atoms with Gasteiger partial charge in [0.1, 0.15) is 11.4 Å². The van der Waals surface area contributed by atoms with E-state index in [4.69, 9.17) is 0 Å². The van der Waals surface area contributed by atoms with Gasteiger partial charge in [-0.05, 0) is 82.3 Å². The Kier molecular flexibility index (Phi) is 7.15. The smallest absolute Gasteiger partial charge is 0.272 e. The molecule has 0 radical (unpaired) electrons. The van der Waals surface area contributed by atoms with E-state index in [0.29, 0.717) is 17.9 Å². The monoisotopic (exact) mass is 448 g/mol. The number of H-pyrrole nitrogens is 2. The number of carbonyl (C=O) groups excluding carboxylic acids is 2. The molecule has 33 heavy (non-hydrogen) atoms. The van der Waals surface area contributed by atoms with Crippen LogP contribution in [0.25, 0.3) is 0 Å². The Morgan fingerprint density at radius 1 is 0.818 bits per heavy atom. The van der Waals surface area contributed by atoms with Crippen molar-refractivity contribution in [3.63, 3.8) is 0 Å². The van der Waals surface area contributed by atoms with Crippen molar-refractivity contribution >= 4 is 17.5 Å². The maximum Gasteiger partial charge on any atom is 0.272 e. The third kappa shape index (κ3) is 4.75. The second kappa shape index (κ2) is 9.69. The number of hydrogen-bond donors (Lipinski definition) is 4. The maximum atomic E-state index is 13.0. The zero-order valence-corrected chi connectivity index (χ0v) is 20.8. The lowest BCUT2D eigenvalue weighted by molar-refractivity contribution is 0.0947. The topological polar surface area (TPSA) is 89.8 Å². The normalized spacial score (nSPS) is 11.5. The fourth-order valence-electron chi connectivity index (χ4n) is 4.39. The molecule has 0 spiro atoms. The zero-order chi connectivity index (χ0) is 24.3. The number of hydrogen-bond acceptors (Lipinski definition) is 2. The Morgan fingerprint density at radius 2 is 1.33 bits per heavy atom. The average Bonchev–Trinajstić information content (AvgIpc) is 3.26. The average molecular weight is 449 g/mol. The molecule has 6 nitrogen and oxygen atoms in total. The summed E-state index contributed by atoms with van der Waals surface area (Å²) in [6.45, 7) is 15.0. The van der Waals surface area contributed by atoms with E-state index in [2.05, 4.69) is 41.4 Å². The van der Waals surface area contributed by atoms with Gasteiger partial charge in [0.2, 0.25) is 0 Å². The summed E-state index contributed by atoms with van der Waals surface area (Å²) in [6, 6.07) is 9.43. The predicted octanol–water partition coefficient (Wildman–Crippen LogP) is 5.68.